The normalized spacial score (nSPS) is 15.4. The van der Waals surface area contributed by atoms with E-state index in [9.17, 15) is 13.2 Å². The van der Waals surface area contributed by atoms with Gasteiger partial charge in [-0.3, -0.25) is 0 Å². The van der Waals surface area contributed by atoms with Crippen LogP contribution in [-0.4, -0.2) is 78.6 Å². The van der Waals surface area contributed by atoms with Crippen LogP contribution in [0.1, 0.15) is 51.2 Å². The first-order valence-corrected chi connectivity index (χ1v) is 17.8. The second-order valence-corrected chi connectivity index (χ2v) is 15.1. The zero-order valence-corrected chi connectivity index (χ0v) is 28.8. The Balaban J connectivity index is 1.40. The van der Waals surface area contributed by atoms with Crippen LogP contribution in [0.5, 0.6) is 11.6 Å². The Labute approximate surface area is 280 Å². The Morgan fingerprint density at radius 2 is 1.88 bits per heavy atom. The van der Waals surface area contributed by atoms with Gasteiger partial charge in [0.15, 0.2) is 9.84 Å². The summed E-state index contributed by atoms with van der Waals surface area (Å²) in [6, 6.07) is 11.6. The molecule has 0 spiro atoms. The second kappa shape index (κ2) is 14.8. The van der Waals surface area contributed by atoms with Crippen LogP contribution >= 0.6 is 0 Å². The number of piperidine rings is 1. The molecule has 1 fully saturated rings. The quantitative estimate of drug-likeness (QED) is 0.171. The van der Waals surface area contributed by atoms with Gasteiger partial charge in [0, 0.05) is 56.2 Å². The fourth-order valence-electron chi connectivity index (χ4n) is 5.63. The number of pyridine rings is 1. The van der Waals surface area contributed by atoms with Crippen LogP contribution in [0, 0.1) is 12.7 Å². The number of amides is 1. The van der Waals surface area contributed by atoms with Crippen molar-refractivity contribution in [3.63, 3.8) is 0 Å². The number of anilines is 1. The van der Waals surface area contributed by atoms with E-state index in [-0.39, 0.29) is 29.3 Å². The highest BCUT2D eigenvalue weighted by Crippen LogP contribution is 2.38. The van der Waals surface area contributed by atoms with E-state index in [0.29, 0.717) is 59.8 Å². The van der Waals surface area contributed by atoms with Crippen molar-refractivity contribution in [3.8, 4) is 22.9 Å². The van der Waals surface area contributed by atoms with Crippen LogP contribution in [0.3, 0.4) is 0 Å². The fraction of sp³-hybridized carbons (Fsp3) is 0.429. The molecule has 1 saturated heterocycles. The lowest BCUT2D eigenvalue weighted by molar-refractivity contribution is 0.0206. The van der Waals surface area contributed by atoms with Crippen LogP contribution in [0.15, 0.2) is 54.9 Å². The van der Waals surface area contributed by atoms with Crippen LogP contribution in [-0.2, 0) is 25.1 Å². The minimum Gasteiger partial charge on any atom is -0.444 e. The average Bonchev–Trinajstić information content (AvgIpc) is 3.03. The van der Waals surface area contributed by atoms with Gasteiger partial charge < -0.3 is 24.4 Å². The highest BCUT2D eigenvalue weighted by atomic mass is 32.2. The van der Waals surface area contributed by atoms with Crippen LogP contribution < -0.4 is 10.1 Å². The van der Waals surface area contributed by atoms with Crippen molar-refractivity contribution in [3.05, 3.63) is 71.8 Å². The molecule has 1 atom stereocenters. The molecule has 11 nitrogen and oxygen atoms in total. The summed E-state index contributed by atoms with van der Waals surface area (Å²) in [5.74, 6) is -0.0515. The molecule has 1 aliphatic rings. The molecule has 1 amide bonds. The standard InChI is InChI=1S/C35H42FN5O6S/c1-23-11-12-25-26(13-14-29(36)28(25)22-48(43,44)20-8-19-45-5)31(23)46-32-27(10-6-16-37-32)30-15-17-38-33(40-30)39-24-9-7-18-41(21-24)34(42)47-35(2,3)4/h6,10-17,24H,7-9,18-22H2,1-5H3,(H,38,39,40)/t24-/m0/s1. The number of rotatable bonds is 11. The molecule has 256 valence electrons. The van der Waals surface area contributed by atoms with Crippen molar-refractivity contribution >= 4 is 32.7 Å². The number of fused-ring (bicyclic) bond motifs is 1. The molecule has 1 aliphatic heterocycles. The molecule has 0 aliphatic carbocycles. The predicted molar refractivity (Wildman–Crippen MR) is 182 cm³/mol. The first kappa shape index (κ1) is 35.0. The fourth-order valence-corrected chi connectivity index (χ4v) is 7.07. The molecule has 5 rings (SSSR count). The predicted octanol–water partition coefficient (Wildman–Crippen LogP) is 6.69. The van der Waals surface area contributed by atoms with Crippen molar-refractivity contribution in [2.24, 2.45) is 0 Å². The molecule has 3 heterocycles. The molecule has 13 heteroatoms. The Morgan fingerprint density at radius 3 is 2.65 bits per heavy atom. The van der Waals surface area contributed by atoms with Crippen molar-refractivity contribution in [2.45, 2.75) is 64.4 Å². The third-order valence-electron chi connectivity index (χ3n) is 7.88. The molecule has 1 N–H and O–H groups in total. The topological polar surface area (TPSA) is 133 Å². The van der Waals surface area contributed by atoms with E-state index >= 15 is 4.39 Å². The van der Waals surface area contributed by atoms with Crippen molar-refractivity contribution in [1.82, 2.24) is 19.9 Å². The van der Waals surface area contributed by atoms with E-state index < -0.39 is 27.0 Å². The van der Waals surface area contributed by atoms with Gasteiger partial charge in [0.1, 0.15) is 17.2 Å². The third-order valence-corrected chi connectivity index (χ3v) is 9.52. The van der Waals surface area contributed by atoms with E-state index in [2.05, 4.69) is 15.3 Å². The monoisotopic (exact) mass is 679 g/mol. The highest BCUT2D eigenvalue weighted by molar-refractivity contribution is 7.90. The van der Waals surface area contributed by atoms with E-state index in [1.807, 2.05) is 33.8 Å². The Bertz CT molecular complexity index is 1880. The van der Waals surface area contributed by atoms with Crippen molar-refractivity contribution in [2.75, 3.05) is 37.9 Å². The number of aryl methyl sites for hydroxylation is 1. The second-order valence-electron chi connectivity index (χ2n) is 12.9. The summed E-state index contributed by atoms with van der Waals surface area (Å²) in [5.41, 5.74) is 1.43. The molecule has 0 bridgehead atoms. The Kier molecular flexibility index (Phi) is 10.8. The summed E-state index contributed by atoms with van der Waals surface area (Å²) in [6.07, 6.45) is 4.87. The SMILES string of the molecule is COCCCS(=O)(=O)Cc1c(F)ccc2c(Oc3ncccc3-c3ccnc(N[C@H]4CCCN(C(=O)OC(C)(C)C)C4)n3)c(C)ccc12. The van der Waals surface area contributed by atoms with Crippen LogP contribution in [0.4, 0.5) is 15.1 Å². The first-order valence-electron chi connectivity index (χ1n) is 15.9. The number of sulfone groups is 1. The number of nitrogens with zero attached hydrogens (tertiary/aromatic N) is 4. The number of hydrogen-bond donors (Lipinski definition) is 1. The lowest BCUT2D eigenvalue weighted by atomic mass is 10.0. The maximum Gasteiger partial charge on any atom is 0.410 e. The van der Waals surface area contributed by atoms with Crippen molar-refractivity contribution < 1.29 is 31.8 Å². The summed E-state index contributed by atoms with van der Waals surface area (Å²) in [4.78, 5) is 28.0. The summed E-state index contributed by atoms with van der Waals surface area (Å²) in [6.45, 7) is 8.78. The maximum atomic E-state index is 15.1. The number of nitrogens with one attached hydrogen (secondary N) is 1. The van der Waals surface area contributed by atoms with Crippen molar-refractivity contribution in [1.29, 1.82) is 0 Å². The molecular weight excluding hydrogens is 637 g/mol. The minimum atomic E-state index is -3.59. The molecule has 0 saturated carbocycles. The van der Waals surface area contributed by atoms with Crippen LogP contribution in [0.25, 0.3) is 22.0 Å². The number of halogens is 1. The molecule has 48 heavy (non-hydrogen) atoms. The van der Waals surface area contributed by atoms with Gasteiger partial charge in [0.25, 0.3) is 0 Å². The summed E-state index contributed by atoms with van der Waals surface area (Å²) >= 11 is 0. The molecule has 0 unspecified atom stereocenters. The number of carbonyl (C=O) groups excluding carboxylic acids is 1. The summed E-state index contributed by atoms with van der Waals surface area (Å²) in [7, 11) is -2.09. The Hall–Kier alpha value is -4.36. The summed E-state index contributed by atoms with van der Waals surface area (Å²) in [5, 5.41) is 4.37. The molecular formula is C35H42FN5O6S. The minimum absolute atomic E-state index is 0.0668. The number of carbonyl (C=O) groups is 1. The van der Waals surface area contributed by atoms with Gasteiger partial charge in [0.2, 0.25) is 11.8 Å². The number of hydrogen-bond acceptors (Lipinski definition) is 10. The smallest absolute Gasteiger partial charge is 0.410 e. The number of methoxy groups -OCH3 is 1. The highest BCUT2D eigenvalue weighted by Gasteiger charge is 2.28. The molecule has 0 radical (unpaired) electrons. The Morgan fingerprint density at radius 1 is 1.08 bits per heavy atom. The van der Waals surface area contributed by atoms with E-state index in [0.717, 1.165) is 18.4 Å². The lowest BCUT2D eigenvalue weighted by Gasteiger charge is -2.34. The zero-order valence-electron chi connectivity index (χ0n) is 28.0. The molecule has 4 aromatic rings. The average molecular weight is 680 g/mol. The number of ether oxygens (including phenoxy) is 3. The van der Waals surface area contributed by atoms with Gasteiger partial charge in [0.05, 0.1) is 22.8 Å². The molecule has 2 aromatic carbocycles. The largest absolute Gasteiger partial charge is 0.444 e. The van der Waals surface area contributed by atoms with E-state index in [1.165, 1.54) is 13.2 Å². The number of benzene rings is 2. The number of aromatic nitrogens is 3. The maximum absolute atomic E-state index is 15.1. The molecule has 2 aromatic heterocycles. The summed E-state index contributed by atoms with van der Waals surface area (Å²) < 4.78 is 57.8. The van der Waals surface area contributed by atoms with E-state index in [1.54, 1.807) is 47.6 Å². The third kappa shape index (κ3) is 8.75. The van der Waals surface area contributed by atoms with Gasteiger partial charge in [-0.1, -0.05) is 12.1 Å². The lowest BCUT2D eigenvalue weighted by Crippen LogP contribution is -2.47. The zero-order chi connectivity index (χ0) is 34.5. The number of likely N-dealkylation sites (tertiary alicyclic amines) is 1. The van der Waals surface area contributed by atoms with Gasteiger partial charge in [-0.15, -0.1) is 0 Å². The van der Waals surface area contributed by atoms with Gasteiger partial charge in [-0.25, -0.2) is 32.6 Å². The van der Waals surface area contributed by atoms with E-state index in [4.69, 9.17) is 19.2 Å². The van der Waals surface area contributed by atoms with Crippen LogP contribution in [0.2, 0.25) is 0 Å². The van der Waals surface area contributed by atoms with Gasteiger partial charge >= 0.3 is 6.09 Å². The van der Waals surface area contributed by atoms with Gasteiger partial charge in [-0.2, -0.15) is 0 Å². The van der Waals surface area contributed by atoms with Gasteiger partial charge in [-0.05, 0) is 88.2 Å². The first-order chi connectivity index (χ1) is 22.8.